The van der Waals surface area contributed by atoms with E-state index < -0.39 is 0 Å². The van der Waals surface area contributed by atoms with E-state index in [1.807, 2.05) is 30.1 Å². The first kappa shape index (κ1) is 24.8. The molecule has 4 aromatic rings. The molecule has 5 nitrogen and oxygen atoms in total. The molecule has 1 amide bonds. The predicted octanol–water partition coefficient (Wildman–Crippen LogP) is 5.66. The number of ether oxygens (including phenoxy) is 2. The van der Waals surface area contributed by atoms with Crippen LogP contribution in [0, 0.1) is 0 Å². The van der Waals surface area contributed by atoms with Crippen LogP contribution in [0.5, 0.6) is 11.5 Å². The van der Waals surface area contributed by atoms with Gasteiger partial charge in [0.15, 0.2) is 11.5 Å². The average Bonchev–Trinajstić information content (AvgIpc) is 2.93. The zero-order chi connectivity index (χ0) is 25.8. The van der Waals surface area contributed by atoms with Gasteiger partial charge in [-0.3, -0.25) is 9.69 Å². The summed E-state index contributed by atoms with van der Waals surface area (Å²) < 4.78 is 11.2. The third-order valence-electron chi connectivity index (χ3n) is 7.38. The first-order valence-corrected chi connectivity index (χ1v) is 12.8. The van der Waals surface area contributed by atoms with Crippen LogP contribution in [-0.4, -0.2) is 50.1 Å². The van der Waals surface area contributed by atoms with Crippen LogP contribution in [0.2, 0.25) is 0 Å². The lowest BCUT2D eigenvalue weighted by molar-refractivity contribution is -0.132. The SMILES string of the molecule is COc1cc2c(cc1OC)C(Cc1ccc3ccccc3c1)N(CC(=O)N(C)Cc1ccccc1)CC2. The number of carbonyl (C=O) groups is 1. The number of hydrogen-bond acceptors (Lipinski definition) is 4. The predicted molar refractivity (Wildman–Crippen MR) is 148 cm³/mol. The fraction of sp³-hybridized carbons (Fsp3) is 0.281. The van der Waals surface area contributed by atoms with E-state index >= 15 is 0 Å². The summed E-state index contributed by atoms with van der Waals surface area (Å²) in [6.07, 6.45) is 1.67. The molecule has 190 valence electrons. The van der Waals surface area contributed by atoms with E-state index in [1.165, 1.54) is 27.5 Å². The number of likely N-dealkylation sites (N-methyl/N-ethyl adjacent to an activating group) is 1. The number of nitrogens with zero attached hydrogens (tertiary/aromatic N) is 2. The number of rotatable bonds is 8. The molecule has 1 aliphatic heterocycles. The topological polar surface area (TPSA) is 42.0 Å². The molecule has 0 aliphatic carbocycles. The molecule has 5 rings (SSSR count). The van der Waals surface area contributed by atoms with Gasteiger partial charge in [-0.2, -0.15) is 0 Å². The van der Waals surface area contributed by atoms with Crippen molar-refractivity contribution >= 4 is 16.7 Å². The van der Waals surface area contributed by atoms with Gasteiger partial charge < -0.3 is 14.4 Å². The normalized spacial score (nSPS) is 15.3. The molecule has 37 heavy (non-hydrogen) atoms. The number of amides is 1. The molecular formula is C32H34N2O3. The van der Waals surface area contributed by atoms with E-state index in [9.17, 15) is 4.79 Å². The lowest BCUT2D eigenvalue weighted by atomic mass is 9.87. The molecule has 0 saturated carbocycles. The fourth-order valence-corrected chi connectivity index (χ4v) is 5.34. The van der Waals surface area contributed by atoms with Crippen LogP contribution in [0.1, 0.15) is 28.3 Å². The van der Waals surface area contributed by atoms with Crippen LogP contribution in [0.4, 0.5) is 0 Å². The summed E-state index contributed by atoms with van der Waals surface area (Å²) in [6, 6.07) is 29.5. The van der Waals surface area contributed by atoms with Gasteiger partial charge in [0, 0.05) is 26.2 Å². The maximum atomic E-state index is 13.4. The molecule has 0 aromatic heterocycles. The van der Waals surface area contributed by atoms with Gasteiger partial charge in [0.1, 0.15) is 0 Å². The zero-order valence-corrected chi connectivity index (χ0v) is 21.8. The molecule has 4 aromatic carbocycles. The van der Waals surface area contributed by atoms with Gasteiger partial charge in [0.05, 0.1) is 20.8 Å². The molecule has 0 radical (unpaired) electrons. The second-order valence-corrected chi connectivity index (χ2v) is 9.76. The minimum Gasteiger partial charge on any atom is -0.493 e. The first-order valence-electron chi connectivity index (χ1n) is 12.8. The summed E-state index contributed by atoms with van der Waals surface area (Å²) in [6.45, 7) is 1.78. The maximum absolute atomic E-state index is 13.4. The van der Waals surface area contributed by atoms with E-state index in [0.717, 1.165) is 36.4 Å². The maximum Gasteiger partial charge on any atom is 0.236 e. The first-order chi connectivity index (χ1) is 18.1. The zero-order valence-electron chi connectivity index (χ0n) is 21.8. The number of fused-ring (bicyclic) bond motifs is 2. The number of carbonyl (C=O) groups excluding carboxylic acids is 1. The van der Waals surface area contributed by atoms with Crippen molar-refractivity contribution in [3.63, 3.8) is 0 Å². The monoisotopic (exact) mass is 494 g/mol. The second-order valence-electron chi connectivity index (χ2n) is 9.76. The molecule has 1 atom stereocenters. The Morgan fingerprint density at radius 2 is 1.57 bits per heavy atom. The van der Waals surface area contributed by atoms with Gasteiger partial charge in [-0.15, -0.1) is 0 Å². The van der Waals surface area contributed by atoms with Crippen molar-refractivity contribution in [3.05, 3.63) is 107 Å². The van der Waals surface area contributed by atoms with Crippen LogP contribution in [0.25, 0.3) is 10.8 Å². The van der Waals surface area contributed by atoms with Gasteiger partial charge in [0.2, 0.25) is 5.91 Å². The van der Waals surface area contributed by atoms with E-state index in [1.54, 1.807) is 14.2 Å². The molecule has 0 N–H and O–H groups in total. The van der Waals surface area contributed by atoms with E-state index in [2.05, 4.69) is 71.6 Å². The smallest absolute Gasteiger partial charge is 0.236 e. The Morgan fingerprint density at radius 3 is 2.32 bits per heavy atom. The van der Waals surface area contributed by atoms with Gasteiger partial charge in [-0.05, 0) is 58.0 Å². The number of hydrogen-bond donors (Lipinski definition) is 0. The summed E-state index contributed by atoms with van der Waals surface area (Å²) in [5, 5.41) is 2.46. The quantitative estimate of drug-likeness (QED) is 0.317. The van der Waals surface area contributed by atoms with Crippen molar-refractivity contribution in [1.29, 1.82) is 0 Å². The van der Waals surface area contributed by atoms with Crippen molar-refractivity contribution in [2.45, 2.75) is 25.4 Å². The summed E-state index contributed by atoms with van der Waals surface area (Å²) in [5.74, 6) is 1.59. The Morgan fingerprint density at radius 1 is 0.865 bits per heavy atom. The van der Waals surface area contributed by atoms with Gasteiger partial charge in [0.25, 0.3) is 0 Å². The fourth-order valence-electron chi connectivity index (χ4n) is 5.34. The van der Waals surface area contributed by atoms with Crippen LogP contribution in [0.3, 0.4) is 0 Å². The van der Waals surface area contributed by atoms with E-state index in [4.69, 9.17) is 9.47 Å². The molecule has 0 fully saturated rings. The highest BCUT2D eigenvalue weighted by molar-refractivity contribution is 5.83. The largest absolute Gasteiger partial charge is 0.493 e. The third kappa shape index (κ3) is 5.47. The molecule has 1 heterocycles. The van der Waals surface area contributed by atoms with E-state index in [0.29, 0.717) is 13.1 Å². The van der Waals surface area contributed by atoms with Crippen molar-refractivity contribution in [3.8, 4) is 11.5 Å². The second kappa shape index (κ2) is 11.1. The average molecular weight is 495 g/mol. The third-order valence-corrected chi connectivity index (χ3v) is 7.38. The van der Waals surface area contributed by atoms with Gasteiger partial charge >= 0.3 is 0 Å². The van der Waals surface area contributed by atoms with Crippen LogP contribution in [-0.2, 0) is 24.2 Å². The van der Waals surface area contributed by atoms with Gasteiger partial charge in [-0.25, -0.2) is 0 Å². The minimum absolute atomic E-state index is 0.0544. The van der Waals surface area contributed by atoms with Crippen molar-refractivity contribution < 1.29 is 14.3 Å². The van der Waals surface area contributed by atoms with E-state index in [-0.39, 0.29) is 11.9 Å². The Hall–Kier alpha value is -3.83. The summed E-state index contributed by atoms with van der Waals surface area (Å²) in [7, 11) is 5.23. The molecule has 0 bridgehead atoms. The van der Waals surface area contributed by atoms with Crippen molar-refractivity contribution in [2.75, 3.05) is 34.4 Å². The van der Waals surface area contributed by atoms with Crippen molar-refractivity contribution in [1.82, 2.24) is 9.80 Å². The lowest BCUT2D eigenvalue weighted by Gasteiger charge is -2.38. The number of benzene rings is 4. The Kier molecular flexibility index (Phi) is 7.42. The summed E-state index contributed by atoms with van der Waals surface area (Å²) in [4.78, 5) is 17.5. The molecular weight excluding hydrogens is 460 g/mol. The number of methoxy groups -OCH3 is 2. The summed E-state index contributed by atoms with van der Waals surface area (Å²) in [5.41, 5.74) is 4.84. The van der Waals surface area contributed by atoms with Crippen LogP contribution >= 0.6 is 0 Å². The molecule has 5 heteroatoms. The molecule has 0 spiro atoms. The van der Waals surface area contributed by atoms with Crippen LogP contribution < -0.4 is 9.47 Å². The lowest BCUT2D eigenvalue weighted by Crippen LogP contribution is -2.43. The Balaban J connectivity index is 1.44. The Labute approximate surface area is 219 Å². The van der Waals surface area contributed by atoms with Crippen molar-refractivity contribution in [2.24, 2.45) is 0 Å². The molecule has 0 saturated heterocycles. The molecule has 1 aliphatic rings. The highest BCUT2D eigenvalue weighted by Crippen LogP contribution is 2.39. The summed E-state index contributed by atoms with van der Waals surface area (Å²) >= 11 is 0. The standard InChI is InChI=1S/C32H34N2O3/c1-33(21-23-9-5-4-6-10-23)32(35)22-34-16-15-27-19-30(36-2)31(37-3)20-28(27)29(34)18-24-13-14-25-11-7-8-12-26(25)17-24/h4-14,17,19-20,29H,15-16,18,21-22H2,1-3H3. The van der Waals surface area contributed by atoms with Gasteiger partial charge in [-0.1, -0.05) is 72.8 Å². The highest BCUT2D eigenvalue weighted by atomic mass is 16.5. The Bertz CT molecular complexity index is 1390. The molecule has 1 unspecified atom stereocenters. The minimum atomic E-state index is 0.0544. The highest BCUT2D eigenvalue weighted by Gasteiger charge is 2.31. The van der Waals surface area contributed by atoms with Crippen LogP contribution in [0.15, 0.2) is 84.9 Å².